The summed E-state index contributed by atoms with van der Waals surface area (Å²) in [4.78, 5) is 6.96. The molecule has 4 nitrogen and oxygen atoms in total. The zero-order chi connectivity index (χ0) is 8.48. The van der Waals surface area contributed by atoms with Crippen molar-refractivity contribution in [1.82, 2.24) is 9.97 Å². The van der Waals surface area contributed by atoms with Gasteiger partial charge in [-0.15, -0.1) is 0 Å². The second-order valence-electron chi connectivity index (χ2n) is 1.88. The molecule has 0 bridgehead atoms. The molecule has 6 heteroatoms. The van der Waals surface area contributed by atoms with Crippen LogP contribution in [0.2, 0.25) is 5.15 Å². The molecule has 0 unspecified atom stereocenters. The van der Waals surface area contributed by atoms with Gasteiger partial charge in [-0.2, -0.15) is 0 Å². The van der Waals surface area contributed by atoms with E-state index in [4.69, 9.17) is 11.6 Å². The Bertz CT molecular complexity index is 345. The van der Waals surface area contributed by atoms with Crippen LogP contribution >= 0.6 is 11.6 Å². The number of hydrogen-bond donors (Lipinski definition) is 0. The van der Waals surface area contributed by atoms with Crippen LogP contribution < -0.4 is 0 Å². The highest BCUT2D eigenvalue weighted by Crippen LogP contribution is 2.04. The highest BCUT2D eigenvalue weighted by atomic mass is 35.5. The summed E-state index contributed by atoms with van der Waals surface area (Å²) in [6, 6.07) is 0. The highest BCUT2D eigenvalue weighted by Gasteiger charge is 2.08. The van der Waals surface area contributed by atoms with Crippen LogP contribution in [-0.4, -0.2) is 24.6 Å². The van der Waals surface area contributed by atoms with Crippen molar-refractivity contribution in [2.24, 2.45) is 0 Å². The number of nitrogens with zero attached hydrogens (tertiary/aromatic N) is 2. The van der Waals surface area contributed by atoms with Crippen LogP contribution in [0.3, 0.4) is 0 Å². The smallest absolute Gasteiger partial charge is 0.194 e. The maximum atomic E-state index is 10.8. The Morgan fingerprint density at radius 1 is 1.64 bits per heavy atom. The largest absolute Gasteiger partial charge is 0.239 e. The van der Waals surface area contributed by atoms with Gasteiger partial charge in [0, 0.05) is 6.26 Å². The second-order valence-corrected chi connectivity index (χ2v) is 4.20. The van der Waals surface area contributed by atoms with Gasteiger partial charge in [-0.05, 0) is 0 Å². The topological polar surface area (TPSA) is 59.9 Å². The molecule has 0 saturated heterocycles. The zero-order valence-corrected chi connectivity index (χ0v) is 7.15. The minimum Gasteiger partial charge on any atom is -0.239 e. The number of halogens is 1. The van der Waals surface area contributed by atoms with E-state index in [0.29, 0.717) is 0 Å². The Labute approximate surface area is 69.2 Å². The van der Waals surface area contributed by atoms with Crippen molar-refractivity contribution in [3.63, 3.8) is 0 Å². The molecule has 0 amide bonds. The Hall–Kier alpha value is -0.680. The van der Waals surface area contributed by atoms with E-state index in [1.807, 2.05) is 0 Å². The number of aromatic nitrogens is 2. The van der Waals surface area contributed by atoms with Crippen LogP contribution in [-0.2, 0) is 9.84 Å². The van der Waals surface area contributed by atoms with Crippen molar-refractivity contribution in [1.29, 1.82) is 0 Å². The summed E-state index contributed by atoms with van der Waals surface area (Å²) in [6.45, 7) is 0. The zero-order valence-electron chi connectivity index (χ0n) is 5.57. The van der Waals surface area contributed by atoms with E-state index in [-0.39, 0.29) is 10.2 Å². The molecule has 0 aliphatic heterocycles. The first kappa shape index (κ1) is 8.42. The fourth-order valence-electron chi connectivity index (χ4n) is 0.450. The molecule has 1 aromatic rings. The molecule has 59 valence electrons. The summed E-state index contributed by atoms with van der Waals surface area (Å²) in [5.74, 6) is 0. The first-order valence-electron chi connectivity index (χ1n) is 2.60. The van der Waals surface area contributed by atoms with Crippen LogP contribution in [0, 0.1) is 6.20 Å². The minimum absolute atomic E-state index is 0.0531. The van der Waals surface area contributed by atoms with E-state index in [1.54, 1.807) is 0 Å². The van der Waals surface area contributed by atoms with Crippen LogP contribution in [0.1, 0.15) is 0 Å². The van der Waals surface area contributed by atoms with Gasteiger partial charge in [-0.1, -0.05) is 11.6 Å². The maximum absolute atomic E-state index is 10.8. The molecule has 0 N–H and O–H groups in total. The number of sulfone groups is 1. The first-order chi connectivity index (χ1) is 5.00. The molecule has 0 atom stereocenters. The number of rotatable bonds is 1. The second kappa shape index (κ2) is 2.75. The third-order valence-electron chi connectivity index (χ3n) is 0.927. The van der Waals surface area contributed by atoms with Crippen LogP contribution in [0.15, 0.2) is 11.2 Å². The molecule has 0 spiro atoms. The van der Waals surface area contributed by atoms with Crippen molar-refractivity contribution < 1.29 is 8.42 Å². The van der Waals surface area contributed by atoms with E-state index in [0.717, 1.165) is 12.5 Å². The molecule has 1 rings (SSSR count). The lowest BCUT2D eigenvalue weighted by Gasteiger charge is -1.93. The Kier molecular flexibility index (Phi) is 2.10. The molecule has 1 radical (unpaired) electrons. The maximum Gasteiger partial charge on any atom is 0.194 e. The Morgan fingerprint density at radius 3 is 2.64 bits per heavy atom. The van der Waals surface area contributed by atoms with Crippen molar-refractivity contribution in [3.05, 3.63) is 17.5 Å². The SMILES string of the molecule is CS(=O)(=O)c1cnc(Cl)[c]n1. The molecule has 0 aliphatic rings. The van der Waals surface area contributed by atoms with E-state index in [2.05, 4.69) is 16.2 Å². The van der Waals surface area contributed by atoms with Gasteiger partial charge in [0.05, 0.1) is 6.20 Å². The van der Waals surface area contributed by atoms with Crippen molar-refractivity contribution >= 4 is 21.4 Å². The third kappa shape index (κ3) is 2.13. The van der Waals surface area contributed by atoms with Crippen molar-refractivity contribution in [2.75, 3.05) is 6.26 Å². The summed E-state index contributed by atoms with van der Waals surface area (Å²) in [7, 11) is -3.28. The predicted molar refractivity (Wildman–Crippen MR) is 39.0 cm³/mol. The lowest BCUT2D eigenvalue weighted by molar-refractivity contribution is 0.597. The molecule has 0 saturated carbocycles. The number of hydrogen-bond acceptors (Lipinski definition) is 4. The summed E-state index contributed by atoms with van der Waals surface area (Å²) < 4.78 is 21.6. The molecule has 0 fully saturated rings. The molecular weight excluding hydrogens is 188 g/mol. The van der Waals surface area contributed by atoms with Gasteiger partial charge in [0.15, 0.2) is 20.0 Å². The first-order valence-corrected chi connectivity index (χ1v) is 4.87. The average molecular weight is 192 g/mol. The van der Waals surface area contributed by atoms with Gasteiger partial charge in [0.2, 0.25) is 0 Å². The van der Waals surface area contributed by atoms with Gasteiger partial charge in [-0.25, -0.2) is 18.4 Å². The fourth-order valence-corrected chi connectivity index (χ4v) is 0.996. The van der Waals surface area contributed by atoms with Crippen molar-refractivity contribution in [3.8, 4) is 0 Å². The van der Waals surface area contributed by atoms with E-state index in [9.17, 15) is 8.42 Å². The lowest BCUT2D eigenvalue weighted by atomic mass is 10.8. The lowest BCUT2D eigenvalue weighted by Crippen LogP contribution is -2.00. The molecular formula is C5H4ClN2O2S. The average Bonchev–Trinajstić information content (AvgIpc) is 1.86. The van der Waals surface area contributed by atoms with Crippen LogP contribution in [0.25, 0.3) is 0 Å². The van der Waals surface area contributed by atoms with E-state index in [1.165, 1.54) is 0 Å². The highest BCUT2D eigenvalue weighted by molar-refractivity contribution is 7.90. The van der Waals surface area contributed by atoms with Gasteiger partial charge >= 0.3 is 0 Å². The molecule has 1 aromatic heterocycles. The van der Waals surface area contributed by atoms with Gasteiger partial charge in [-0.3, -0.25) is 0 Å². The Morgan fingerprint density at radius 2 is 2.27 bits per heavy atom. The molecule has 0 aromatic carbocycles. The molecule has 11 heavy (non-hydrogen) atoms. The third-order valence-corrected chi connectivity index (χ3v) is 2.07. The summed E-state index contributed by atoms with van der Waals surface area (Å²) in [6.07, 6.45) is 4.36. The Balaban J connectivity index is 3.20. The van der Waals surface area contributed by atoms with Crippen LogP contribution in [0.4, 0.5) is 0 Å². The monoisotopic (exact) mass is 191 g/mol. The summed E-state index contributed by atoms with van der Waals surface area (Å²) >= 11 is 5.34. The summed E-state index contributed by atoms with van der Waals surface area (Å²) in [5, 5.41) is -0.0701. The molecule has 1 heterocycles. The van der Waals surface area contributed by atoms with Crippen molar-refractivity contribution in [2.45, 2.75) is 5.03 Å². The standard InChI is InChI=1S/C5H4ClN2O2S/c1-11(9,10)5-3-7-4(6)2-8-5/h3H,1H3. The fraction of sp³-hybridized carbons (Fsp3) is 0.200. The normalized spacial score (nSPS) is 11.5. The van der Waals surface area contributed by atoms with Gasteiger partial charge in [0.1, 0.15) is 6.20 Å². The quantitative estimate of drug-likeness (QED) is 0.642. The summed E-state index contributed by atoms with van der Waals surface area (Å²) in [5.41, 5.74) is 0. The van der Waals surface area contributed by atoms with E-state index >= 15 is 0 Å². The molecule has 0 aliphatic carbocycles. The predicted octanol–water partition coefficient (Wildman–Crippen LogP) is 0.334. The minimum atomic E-state index is -3.28. The van der Waals surface area contributed by atoms with Crippen LogP contribution in [0.5, 0.6) is 0 Å². The van der Waals surface area contributed by atoms with E-state index < -0.39 is 9.84 Å². The van der Waals surface area contributed by atoms with Gasteiger partial charge in [0.25, 0.3) is 0 Å². The van der Waals surface area contributed by atoms with Gasteiger partial charge < -0.3 is 0 Å².